The smallest absolute Gasteiger partial charge is 0.156 e. The molecule has 19 heavy (non-hydrogen) atoms. The second-order valence-corrected chi connectivity index (χ2v) is 6.62. The van der Waals surface area contributed by atoms with Crippen LogP contribution >= 0.6 is 23.1 Å². The molecule has 0 bridgehead atoms. The molecule has 0 aliphatic heterocycles. The summed E-state index contributed by atoms with van der Waals surface area (Å²) in [6, 6.07) is 0. The molecular formula is C13H20N4S2. The Labute approximate surface area is 122 Å². The molecule has 1 N–H and O–H groups in total. The summed E-state index contributed by atoms with van der Waals surface area (Å²) in [6.45, 7) is 8.19. The van der Waals surface area contributed by atoms with Crippen molar-refractivity contribution in [2.75, 3.05) is 6.54 Å². The zero-order chi connectivity index (χ0) is 13.8. The van der Waals surface area contributed by atoms with Crippen LogP contribution in [0.5, 0.6) is 0 Å². The summed E-state index contributed by atoms with van der Waals surface area (Å²) < 4.78 is 3.04. The molecule has 2 rings (SSSR count). The van der Waals surface area contributed by atoms with E-state index in [0.29, 0.717) is 0 Å². The number of aryl methyl sites for hydroxylation is 3. The second-order valence-electron chi connectivity index (χ2n) is 4.53. The van der Waals surface area contributed by atoms with E-state index in [1.54, 1.807) is 23.1 Å². The van der Waals surface area contributed by atoms with Crippen LogP contribution in [0.15, 0.2) is 14.7 Å². The second kappa shape index (κ2) is 6.54. The van der Waals surface area contributed by atoms with Gasteiger partial charge >= 0.3 is 0 Å². The van der Waals surface area contributed by atoms with Crippen molar-refractivity contribution in [3.63, 3.8) is 0 Å². The van der Waals surface area contributed by atoms with Gasteiger partial charge in [-0.25, -0.2) is 4.98 Å². The summed E-state index contributed by atoms with van der Waals surface area (Å²) in [5, 5.41) is 11.3. The zero-order valence-corrected chi connectivity index (χ0v) is 13.5. The van der Waals surface area contributed by atoms with Gasteiger partial charge in [0.1, 0.15) is 5.03 Å². The maximum absolute atomic E-state index is 4.53. The standard InChI is InChI=1S/C13H20N4S2/c1-5-6-14-7-11-10(3)16-17(4)12(11)19-13-15-9(2)8-18-13/h8,14H,5-7H2,1-4H3. The molecule has 104 valence electrons. The van der Waals surface area contributed by atoms with E-state index in [1.165, 1.54) is 10.6 Å². The molecule has 0 spiro atoms. The lowest BCUT2D eigenvalue weighted by Crippen LogP contribution is -2.14. The number of hydrogen-bond donors (Lipinski definition) is 1. The molecule has 0 saturated heterocycles. The zero-order valence-electron chi connectivity index (χ0n) is 11.9. The highest BCUT2D eigenvalue weighted by Crippen LogP contribution is 2.33. The minimum Gasteiger partial charge on any atom is -0.313 e. The van der Waals surface area contributed by atoms with Gasteiger partial charge in [-0.15, -0.1) is 11.3 Å². The fourth-order valence-electron chi connectivity index (χ4n) is 1.86. The first-order valence-electron chi connectivity index (χ1n) is 6.45. The van der Waals surface area contributed by atoms with E-state index in [0.717, 1.165) is 35.2 Å². The van der Waals surface area contributed by atoms with Crippen molar-refractivity contribution in [1.82, 2.24) is 20.1 Å². The van der Waals surface area contributed by atoms with E-state index in [2.05, 4.69) is 34.6 Å². The summed E-state index contributed by atoms with van der Waals surface area (Å²) in [4.78, 5) is 4.51. The Morgan fingerprint density at radius 1 is 1.42 bits per heavy atom. The third kappa shape index (κ3) is 3.58. The van der Waals surface area contributed by atoms with Crippen molar-refractivity contribution < 1.29 is 0 Å². The highest BCUT2D eigenvalue weighted by molar-refractivity contribution is 8.01. The molecule has 0 aliphatic carbocycles. The van der Waals surface area contributed by atoms with Gasteiger partial charge < -0.3 is 5.32 Å². The third-order valence-corrected chi connectivity index (χ3v) is 5.06. The Kier molecular flexibility index (Phi) is 5.01. The third-order valence-electron chi connectivity index (χ3n) is 2.80. The van der Waals surface area contributed by atoms with Crippen LogP contribution < -0.4 is 5.32 Å². The van der Waals surface area contributed by atoms with Gasteiger partial charge in [0.05, 0.1) is 5.69 Å². The fraction of sp³-hybridized carbons (Fsp3) is 0.538. The van der Waals surface area contributed by atoms with E-state index < -0.39 is 0 Å². The molecule has 0 amide bonds. The monoisotopic (exact) mass is 296 g/mol. The van der Waals surface area contributed by atoms with E-state index in [4.69, 9.17) is 0 Å². The van der Waals surface area contributed by atoms with Crippen molar-refractivity contribution >= 4 is 23.1 Å². The summed E-state index contributed by atoms with van der Waals surface area (Å²) >= 11 is 3.40. The summed E-state index contributed by atoms with van der Waals surface area (Å²) in [7, 11) is 2.00. The molecule has 0 unspecified atom stereocenters. The SMILES string of the molecule is CCCNCc1c(C)nn(C)c1Sc1nc(C)cs1. The van der Waals surface area contributed by atoms with Gasteiger partial charge in [0.2, 0.25) is 0 Å². The largest absolute Gasteiger partial charge is 0.313 e. The number of nitrogens with zero attached hydrogens (tertiary/aromatic N) is 3. The average molecular weight is 296 g/mol. The molecule has 4 nitrogen and oxygen atoms in total. The van der Waals surface area contributed by atoms with Crippen LogP contribution in [0, 0.1) is 13.8 Å². The Balaban J connectivity index is 2.18. The molecule has 2 heterocycles. The van der Waals surface area contributed by atoms with Gasteiger partial charge in [-0.3, -0.25) is 4.68 Å². The van der Waals surface area contributed by atoms with E-state index in [1.807, 2.05) is 18.7 Å². The number of rotatable bonds is 6. The lowest BCUT2D eigenvalue weighted by molar-refractivity contribution is 0.653. The number of nitrogens with one attached hydrogen (secondary N) is 1. The van der Waals surface area contributed by atoms with Crippen LogP contribution in [-0.2, 0) is 13.6 Å². The highest BCUT2D eigenvalue weighted by Gasteiger charge is 2.15. The molecule has 2 aromatic rings. The summed E-state index contributed by atoms with van der Waals surface area (Å²) in [5.41, 5.74) is 3.47. The predicted octanol–water partition coefficient (Wildman–Crippen LogP) is 3.14. The summed E-state index contributed by atoms with van der Waals surface area (Å²) in [6.07, 6.45) is 1.15. The van der Waals surface area contributed by atoms with E-state index in [9.17, 15) is 0 Å². The van der Waals surface area contributed by atoms with Crippen molar-refractivity contribution in [2.45, 2.75) is 43.1 Å². The van der Waals surface area contributed by atoms with Gasteiger partial charge in [0, 0.05) is 30.2 Å². The minimum absolute atomic E-state index is 0.875. The quantitative estimate of drug-likeness (QED) is 0.832. The lowest BCUT2D eigenvalue weighted by Gasteiger charge is -2.05. The van der Waals surface area contributed by atoms with Crippen LogP contribution in [0.2, 0.25) is 0 Å². The highest BCUT2D eigenvalue weighted by atomic mass is 32.2. The maximum Gasteiger partial charge on any atom is 0.156 e. The topological polar surface area (TPSA) is 42.7 Å². The van der Waals surface area contributed by atoms with Crippen LogP contribution in [0.1, 0.15) is 30.3 Å². The maximum atomic E-state index is 4.53. The Morgan fingerprint density at radius 3 is 2.84 bits per heavy atom. The average Bonchev–Trinajstić information content (AvgIpc) is 2.88. The normalized spacial score (nSPS) is 11.2. The van der Waals surface area contributed by atoms with Crippen molar-refractivity contribution in [1.29, 1.82) is 0 Å². The van der Waals surface area contributed by atoms with E-state index >= 15 is 0 Å². The molecule has 0 saturated carbocycles. The van der Waals surface area contributed by atoms with Crippen LogP contribution in [0.3, 0.4) is 0 Å². The van der Waals surface area contributed by atoms with Gasteiger partial charge in [-0.05, 0) is 38.6 Å². The summed E-state index contributed by atoms with van der Waals surface area (Å²) in [5.74, 6) is 0. The van der Waals surface area contributed by atoms with Crippen LogP contribution in [-0.4, -0.2) is 21.3 Å². The van der Waals surface area contributed by atoms with Gasteiger partial charge in [0.15, 0.2) is 4.34 Å². The number of thiazole rings is 1. The number of aromatic nitrogens is 3. The molecule has 0 aromatic carbocycles. The molecule has 0 atom stereocenters. The lowest BCUT2D eigenvalue weighted by atomic mass is 10.2. The number of hydrogen-bond acceptors (Lipinski definition) is 5. The Hall–Kier alpha value is -0.850. The molecular weight excluding hydrogens is 276 g/mol. The molecule has 6 heteroatoms. The molecule has 0 radical (unpaired) electrons. The van der Waals surface area contributed by atoms with Crippen molar-refractivity contribution in [3.05, 3.63) is 22.3 Å². The molecule has 2 aromatic heterocycles. The van der Waals surface area contributed by atoms with Crippen molar-refractivity contribution in [2.24, 2.45) is 7.05 Å². The van der Waals surface area contributed by atoms with Crippen molar-refractivity contribution in [3.8, 4) is 0 Å². The van der Waals surface area contributed by atoms with Crippen LogP contribution in [0.25, 0.3) is 0 Å². The minimum atomic E-state index is 0.875. The van der Waals surface area contributed by atoms with Crippen LogP contribution in [0.4, 0.5) is 0 Å². The molecule has 0 fully saturated rings. The van der Waals surface area contributed by atoms with Gasteiger partial charge in [-0.2, -0.15) is 5.10 Å². The van der Waals surface area contributed by atoms with Gasteiger partial charge in [-0.1, -0.05) is 6.92 Å². The fourth-order valence-corrected chi connectivity index (χ4v) is 3.83. The Bertz CT molecular complexity index is 545. The van der Waals surface area contributed by atoms with Gasteiger partial charge in [0.25, 0.3) is 0 Å². The van der Waals surface area contributed by atoms with E-state index in [-0.39, 0.29) is 0 Å². The first-order valence-corrected chi connectivity index (χ1v) is 8.14. The Morgan fingerprint density at radius 2 is 2.21 bits per heavy atom. The molecule has 0 aliphatic rings. The first-order chi connectivity index (χ1) is 9.11. The predicted molar refractivity (Wildman–Crippen MR) is 80.9 cm³/mol. The first kappa shape index (κ1) is 14.6.